The van der Waals surface area contributed by atoms with Crippen LogP contribution in [0.25, 0.3) is 11.2 Å². The van der Waals surface area contributed by atoms with Gasteiger partial charge in [-0.2, -0.15) is 10.2 Å². The monoisotopic (exact) mass is 727 g/mol. The molecule has 1 saturated heterocycles. The maximum absolute atomic E-state index is 12.9. The summed E-state index contributed by atoms with van der Waals surface area (Å²) in [7, 11) is -6.98. The Balaban J connectivity index is 1.82. The molecule has 3 heterocycles. The summed E-state index contributed by atoms with van der Waals surface area (Å²) in [6.45, 7) is 11.3. The highest BCUT2D eigenvalue weighted by Gasteiger charge is 2.48. The number of phosphoric ester groups is 1. The maximum atomic E-state index is 12.9. The second-order valence-corrected chi connectivity index (χ2v) is 14.9. The number of aromatic amines is 1. The number of aromatic nitrogens is 4. The first kappa shape index (κ1) is 38.0. The van der Waals surface area contributed by atoms with Crippen molar-refractivity contribution in [3.05, 3.63) is 51.5 Å². The van der Waals surface area contributed by atoms with E-state index in [1.807, 2.05) is 32.4 Å². The number of nitrogens with zero attached hydrogens (tertiary/aromatic N) is 5. The number of phosphoric acid groups is 1. The van der Waals surface area contributed by atoms with Crippen LogP contribution in [0.1, 0.15) is 72.3 Å². The predicted molar refractivity (Wildman–Crippen MR) is 178 cm³/mol. The van der Waals surface area contributed by atoms with Gasteiger partial charge >= 0.3 is 7.82 Å². The number of nitriles is 1. The molecule has 19 heteroatoms. The zero-order valence-corrected chi connectivity index (χ0v) is 29.9. The topological polar surface area (TPSA) is 214 Å². The fourth-order valence-electron chi connectivity index (χ4n) is 5.22. The van der Waals surface area contributed by atoms with Crippen LogP contribution in [-0.4, -0.2) is 70.8 Å². The molecule has 1 aromatic carbocycles. The van der Waals surface area contributed by atoms with E-state index in [1.54, 1.807) is 38.1 Å². The highest BCUT2D eigenvalue weighted by molar-refractivity contribution is 7.46. The smallest absolute Gasteiger partial charge is 0.349 e. The Morgan fingerprint density at radius 2 is 1.96 bits per heavy atom. The molecular formula is C29H40ClN7O9P2. The number of rotatable bonds is 15. The van der Waals surface area contributed by atoms with Crippen LogP contribution in [-0.2, 0) is 27.7 Å². The lowest BCUT2D eigenvalue weighted by molar-refractivity contribution is -0.118. The van der Waals surface area contributed by atoms with E-state index in [4.69, 9.17) is 29.9 Å². The lowest BCUT2D eigenvalue weighted by Crippen LogP contribution is -2.37. The molecule has 0 bridgehead atoms. The largest absolute Gasteiger partial charge is 0.470 e. The molecule has 4 N–H and O–H groups in total. The van der Waals surface area contributed by atoms with Crippen LogP contribution in [0.15, 0.2) is 35.4 Å². The SMILES string of the molecule is CC(C)C(=O)Nc1nc2c(ncn2[C@H]2C[C@H](OP(OCCC#N)N(C(C)C)C(C)C)[C@H](C(OP(=O)(O)O)c3ccccc3Cl)O2)c(=O)[nH]1. The molecule has 1 aliphatic heterocycles. The second kappa shape index (κ2) is 16.3. The van der Waals surface area contributed by atoms with Crippen LogP contribution in [0.4, 0.5) is 5.95 Å². The Kier molecular flexibility index (Phi) is 12.9. The highest BCUT2D eigenvalue weighted by atomic mass is 35.5. The lowest BCUT2D eigenvalue weighted by Gasteiger charge is -2.38. The van der Waals surface area contributed by atoms with Crippen molar-refractivity contribution in [3.63, 3.8) is 0 Å². The molecule has 262 valence electrons. The first-order valence-electron chi connectivity index (χ1n) is 15.3. The maximum Gasteiger partial charge on any atom is 0.470 e. The van der Waals surface area contributed by atoms with Crippen LogP contribution in [0.2, 0.25) is 5.02 Å². The van der Waals surface area contributed by atoms with Gasteiger partial charge in [0.15, 0.2) is 11.2 Å². The number of imidazole rings is 1. The summed E-state index contributed by atoms with van der Waals surface area (Å²) in [5.74, 6) is -0.839. The van der Waals surface area contributed by atoms with Gasteiger partial charge < -0.3 is 23.6 Å². The van der Waals surface area contributed by atoms with E-state index >= 15 is 0 Å². The number of carbonyl (C=O) groups excluding carboxylic acids is 1. The van der Waals surface area contributed by atoms with Gasteiger partial charge in [0, 0.05) is 35.0 Å². The van der Waals surface area contributed by atoms with Gasteiger partial charge in [-0.1, -0.05) is 43.6 Å². The van der Waals surface area contributed by atoms with Crippen LogP contribution >= 0.6 is 27.9 Å². The zero-order chi connectivity index (χ0) is 35.3. The molecule has 0 aliphatic carbocycles. The third-order valence-electron chi connectivity index (χ3n) is 7.27. The Morgan fingerprint density at radius 3 is 2.56 bits per heavy atom. The van der Waals surface area contributed by atoms with E-state index in [9.17, 15) is 29.2 Å². The van der Waals surface area contributed by atoms with Gasteiger partial charge in [0.1, 0.15) is 18.4 Å². The molecule has 0 spiro atoms. The number of nitrogens with one attached hydrogen (secondary N) is 2. The van der Waals surface area contributed by atoms with Crippen LogP contribution in [0.5, 0.6) is 0 Å². The van der Waals surface area contributed by atoms with Crippen molar-refractivity contribution in [1.29, 1.82) is 5.26 Å². The van der Waals surface area contributed by atoms with Gasteiger partial charge in [0.25, 0.3) is 14.1 Å². The number of halogens is 1. The first-order chi connectivity index (χ1) is 22.6. The highest BCUT2D eigenvalue weighted by Crippen LogP contribution is 2.54. The summed E-state index contributed by atoms with van der Waals surface area (Å²) in [5.41, 5.74) is -0.294. The zero-order valence-electron chi connectivity index (χ0n) is 27.3. The van der Waals surface area contributed by atoms with Crippen molar-refractivity contribution in [2.75, 3.05) is 11.9 Å². The molecule has 1 aliphatic rings. The van der Waals surface area contributed by atoms with E-state index in [1.165, 1.54) is 10.9 Å². The summed E-state index contributed by atoms with van der Waals surface area (Å²) in [6.07, 6.45) is -2.97. The number of fused-ring (bicyclic) bond motifs is 1. The van der Waals surface area contributed by atoms with E-state index in [2.05, 4.69) is 26.3 Å². The third-order valence-corrected chi connectivity index (χ3v) is 10.3. The van der Waals surface area contributed by atoms with E-state index in [-0.39, 0.29) is 71.1 Å². The predicted octanol–water partition coefficient (Wildman–Crippen LogP) is 5.17. The van der Waals surface area contributed by atoms with Gasteiger partial charge in [-0.25, -0.2) is 14.2 Å². The van der Waals surface area contributed by atoms with Crippen molar-refractivity contribution in [3.8, 4) is 6.07 Å². The minimum atomic E-state index is -5.13. The Morgan fingerprint density at radius 1 is 1.27 bits per heavy atom. The van der Waals surface area contributed by atoms with Gasteiger partial charge in [-0.05, 0) is 33.8 Å². The average molecular weight is 728 g/mol. The molecule has 48 heavy (non-hydrogen) atoms. The van der Waals surface area contributed by atoms with Crippen molar-refractivity contribution in [2.24, 2.45) is 5.92 Å². The molecule has 3 aromatic rings. The molecule has 1 amide bonds. The number of hydrogen-bond donors (Lipinski definition) is 4. The number of ether oxygens (including phenoxy) is 1. The lowest BCUT2D eigenvalue weighted by atomic mass is 10.0. The molecule has 4 rings (SSSR count). The Hall–Kier alpha value is -2.80. The van der Waals surface area contributed by atoms with Crippen LogP contribution in [0.3, 0.4) is 0 Å². The number of anilines is 1. The molecular weight excluding hydrogens is 688 g/mol. The summed E-state index contributed by atoms with van der Waals surface area (Å²) >= 11 is 6.52. The number of amides is 1. The standard InChI is InChI=1S/C29H40ClN7O9P2/c1-16(2)27(38)34-29-33-26-23(28(39)35-29)32-15-36(26)22-14-21(45-47(43-13-9-12-31)37(17(3)4)18(5)6)25(44-22)24(46-48(40,41)42)19-10-7-8-11-20(19)30/h7-8,10-11,15-18,21-22,24-25H,9,13-14H2,1-6H3,(H2,40,41,42)(H2,33,34,35,38,39)/t21-,22+,24?,25+,47?/m0/s1. The summed E-state index contributed by atoms with van der Waals surface area (Å²) in [4.78, 5) is 56.4. The summed E-state index contributed by atoms with van der Waals surface area (Å²) < 4.78 is 40.5. The quantitative estimate of drug-likeness (QED) is 0.118. The van der Waals surface area contributed by atoms with Crippen LogP contribution in [0, 0.1) is 17.2 Å². The van der Waals surface area contributed by atoms with Crippen molar-refractivity contribution >= 4 is 51.0 Å². The third kappa shape index (κ3) is 9.25. The minimum Gasteiger partial charge on any atom is -0.349 e. The Labute approximate surface area is 283 Å². The summed E-state index contributed by atoms with van der Waals surface area (Å²) in [6, 6.07) is 8.38. The van der Waals surface area contributed by atoms with Crippen molar-refractivity contribution in [1.82, 2.24) is 24.2 Å². The first-order valence-corrected chi connectivity index (χ1v) is 18.3. The van der Waals surface area contributed by atoms with E-state index in [0.29, 0.717) is 0 Å². The number of H-pyrrole nitrogens is 1. The van der Waals surface area contributed by atoms with Crippen molar-refractivity contribution in [2.45, 2.75) is 91.0 Å². The van der Waals surface area contributed by atoms with Gasteiger partial charge in [0.2, 0.25) is 11.9 Å². The molecule has 0 saturated carbocycles. The molecule has 2 aromatic heterocycles. The molecule has 0 radical (unpaired) electrons. The minimum absolute atomic E-state index is 0.0240. The summed E-state index contributed by atoms with van der Waals surface area (Å²) in [5, 5.41) is 11.9. The molecule has 1 fully saturated rings. The van der Waals surface area contributed by atoms with Crippen LogP contribution < -0.4 is 10.9 Å². The molecule has 16 nitrogen and oxygen atoms in total. The fraction of sp³-hybridized carbons (Fsp3) is 0.552. The number of carbonyl (C=O) groups is 1. The molecule has 5 atom stereocenters. The van der Waals surface area contributed by atoms with Gasteiger partial charge in [-0.3, -0.25) is 29.0 Å². The molecule has 2 unspecified atom stereocenters. The average Bonchev–Trinajstić information content (AvgIpc) is 3.60. The fourth-order valence-corrected chi connectivity index (χ4v) is 7.74. The second-order valence-electron chi connectivity index (χ2n) is 11.9. The van der Waals surface area contributed by atoms with E-state index < -0.39 is 46.4 Å². The normalized spacial score (nSPS) is 19.8. The van der Waals surface area contributed by atoms with Crippen molar-refractivity contribution < 1.29 is 37.5 Å². The number of hydrogen-bond acceptors (Lipinski definition) is 11. The van der Waals surface area contributed by atoms with Gasteiger partial charge in [-0.15, -0.1) is 0 Å². The van der Waals surface area contributed by atoms with E-state index in [0.717, 1.165) is 0 Å². The van der Waals surface area contributed by atoms with Gasteiger partial charge in [0.05, 0.1) is 31.5 Å². The number of benzene rings is 1. The Bertz CT molecular complexity index is 1720.